The van der Waals surface area contributed by atoms with Crippen molar-refractivity contribution >= 4 is 11.3 Å². The highest BCUT2D eigenvalue weighted by atomic mass is 32.1. The molecule has 1 aromatic heterocycles. The third-order valence-electron chi connectivity index (χ3n) is 5.30. The van der Waals surface area contributed by atoms with Gasteiger partial charge in [0.15, 0.2) is 0 Å². The van der Waals surface area contributed by atoms with Gasteiger partial charge >= 0.3 is 0 Å². The van der Waals surface area contributed by atoms with Gasteiger partial charge in [-0.3, -0.25) is 0 Å². The summed E-state index contributed by atoms with van der Waals surface area (Å²) >= 11 is 1.68. The van der Waals surface area contributed by atoms with Crippen LogP contribution < -0.4 is 0 Å². The van der Waals surface area contributed by atoms with Crippen LogP contribution in [0.3, 0.4) is 0 Å². The minimum absolute atomic E-state index is 0.307. The zero-order chi connectivity index (χ0) is 14.3. The first-order valence-electron chi connectivity index (χ1n) is 7.82. The molecule has 110 valence electrons. The Balaban J connectivity index is 1.81. The van der Waals surface area contributed by atoms with Crippen LogP contribution in [0.25, 0.3) is 0 Å². The number of fused-ring (bicyclic) bond motifs is 3. The normalized spacial score (nSPS) is 31.0. The van der Waals surface area contributed by atoms with E-state index in [-0.39, 0.29) is 0 Å². The minimum Gasteiger partial charge on any atom is -0.379 e. The highest BCUT2D eigenvalue weighted by Crippen LogP contribution is 2.47. The Morgan fingerprint density at radius 1 is 1.05 bits per heavy atom. The Kier molecular flexibility index (Phi) is 3.37. The molecule has 0 saturated carbocycles. The van der Waals surface area contributed by atoms with Gasteiger partial charge in [0.2, 0.25) is 0 Å². The van der Waals surface area contributed by atoms with Crippen molar-refractivity contribution in [2.24, 2.45) is 11.8 Å². The first kappa shape index (κ1) is 13.5. The second kappa shape index (κ2) is 5.24. The van der Waals surface area contributed by atoms with E-state index in [2.05, 4.69) is 34.5 Å². The fourth-order valence-electron chi connectivity index (χ4n) is 4.17. The zero-order valence-electron chi connectivity index (χ0n) is 12.1. The molecule has 3 aliphatic rings. The molecule has 0 radical (unpaired) electrons. The molecule has 0 spiro atoms. The number of piperidine rings is 3. The third-order valence-corrected chi connectivity index (χ3v) is 6.30. The van der Waals surface area contributed by atoms with Crippen LogP contribution in [0.2, 0.25) is 0 Å². The Morgan fingerprint density at radius 3 is 2.38 bits per heavy atom. The number of rotatable bonds is 3. The van der Waals surface area contributed by atoms with Crippen molar-refractivity contribution in [1.29, 1.82) is 0 Å². The van der Waals surface area contributed by atoms with E-state index >= 15 is 0 Å². The third kappa shape index (κ3) is 2.15. The molecule has 2 aromatic rings. The molecule has 3 saturated heterocycles. The van der Waals surface area contributed by atoms with E-state index in [0.717, 1.165) is 17.0 Å². The SMILES string of the molecule is OC(c1ccccc1)(c1cccs1)C1CN2CCC1CC2. The van der Waals surface area contributed by atoms with E-state index in [1.165, 1.54) is 25.9 Å². The van der Waals surface area contributed by atoms with E-state index in [0.29, 0.717) is 11.8 Å². The molecular weight excluding hydrogens is 278 g/mol. The largest absolute Gasteiger partial charge is 0.379 e. The maximum absolute atomic E-state index is 11.8. The van der Waals surface area contributed by atoms with Crippen LogP contribution in [-0.2, 0) is 5.60 Å². The smallest absolute Gasteiger partial charge is 0.128 e. The summed E-state index contributed by atoms with van der Waals surface area (Å²) in [6, 6.07) is 14.4. The van der Waals surface area contributed by atoms with E-state index in [4.69, 9.17) is 0 Å². The second-order valence-corrected chi connectivity index (χ2v) is 7.30. The highest BCUT2D eigenvalue weighted by Gasteiger charge is 2.49. The molecule has 2 nitrogen and oxygen atoms in total. The van der Waals surface area contributed by atoms with Gasteiger partial charge in [0.25, 0.3) is 0 Å². The number of nitrogens with zero attached hydrogens (tertiary/aromatic N) is 1. The van der Waals surface area contributed by atoms with E-state index < -0.39 is 5.60 Å². The zero-order valence-corrected chi connectivity index (χ0v) is 12.9. The van der Waals surface area contributed by atoms with Crippen molar-refractivity contribution < 1.29 is 5.11 Å². The summed E-state index contributed by atoms with van der Waals surface area (Å²) in [5, 5.41) is 13.8. The van der Waals surface area contributed by atoms with Crippen molar-refractivity contribution in [1.82, 2.24) is 4.90 Å². The summed E-state index contributed by atoms with van der Waals surface area (Å²) in [6.45, 7) is 3.43. The van der Waals surface area contributed by atoms with Gasteiger partial charge < -0.3 is 10.0 Å². The fourth-order valence-corrected chi connectivity index (χ4v) is 5.07. The lowest BCUT2D eigenvalue weighted by Crippen LogP contribution is -2.55. The molecule has 3 fully saturated rings. The molecule has 21 heavy (non-hydrogen) atoms. The fraction of sp³-hybridized carbons (Fsp3) is 0.444. The topological polar surface area (TPSA) is 23.5 Å². The Morgan fingerprint density at radius 2 is 1.81 bits per heavy atom. The summed E-state index contributed by atoms with van der Waals surface area (Å²) < 4.78 is 0. The first-order chi connectivity index (χ1) is 10.3. The molecule has 0 amide bonds. The van der Waals surface area contributed by atoms with Crippen LogP contribution in [-0.4, -0.2) is 29.6 Å². The molecular formula is C18H21NOS. The summed E-state index contributed by atoms with van der Waals surface area (Å²) in [5.41, 5.74) is 0.213. The number of hydrogen-bond donors (Lipinski definition) is 1. The molecule has 3 aliphatic heterocycles. The second-order valence-electron chi connectivity index (χ2n) is 6.35. The summed E-state index contributed by atoms with van der Waals surface area (Å²) in [7, 11) is 0. The van der Waals surface area contributed by atoms with E-state index in [1.807, 2.05) is 18.2 Å². The van der Waals surface area contributed by atoms with Crippen LogP contribution in [0, 0.1) is 11.8 Å². The molecule has 0 aliphatic carbocycles. The number of thiophene rings is 1. The van der Waals surface area contributed by atoms with Gasteiger partial charge in [0.05, 0.1) is 0 Å². The van der Waals surface area contributed by atoms with Crippen molar-refractivity contribution in [3.8, 4) is 0 Å². The monoisotopic (exact) mass is 299 g/mol. The molecule has 5 rings (SSSR count). The predicted molar refractivity (Wildman–Crippen MR) is 86.4 cm³/mol. The Hall–Kier alpha value is -1.16. The van der Waals surface area contributed by atoms with Crippen molar-refractivity contribution in [3.63, 3.8) is 0 Å². The van der Waals surface area contributed by atoms with E-state index in [9.17, 15) is 5.11 Å². The van der Waals surface area contributed by atoms with Gasteiger partial charge in [-0.2, -0.15) is 0 Å². The predicted octanol–water partition coefficient (Wildman–Crippen LogP) is 3.33. The summed E-state index contributed by atoms with van der Waals surface area (Å²) in [4.78, 5) is 3.61. The summed E-state index contributed by atoms with van der Waals surface area (Å²) in [6.07, 6.45) is 2.45. The number of hydrogen-bond acceptors (Lipinski definition) is 3. The average molecular weight is 299 g/mol. The van der Waals surface area contributed by atoms with Crippen LogP contribution >= 0.6 is 11.3 Å². The molecule has 2 atom stereocenters. The molecule has 2 bridgehead atoms. The molecule has 2 unspecified atom stereocenters. The van der Waals surface area contributed by atoms with Crippen LogP contribution in [0.15, 0.2) is 47.8 Å². The van der Waals surface area contributed by atoms with Gasteiger partial charge in [-0.1, -0.05) is 36.4 Å². The van der Waals surface area contributed by atoms with Gasteiger partial charge in [0, 0.05) is 17.3 Å². The van der Waals surface area contributed by atoms with E-state index in [1.54, 1.807) is 11.3 Å². The highest BCUT2D eigenvalue weighted by molar-refractivity contribution is 7.10. The van der Waals surface area contributed by atoms with Gasteiger partial charge in [-0.25, -0.2) is 0 Å². The van der Waals surface area contributed by atoms with Crippen LogP contribution in [0.1, 0.15) is 23.3 Å². The quantitative estimate of drug-likeness (QED) is 0.940. The van der Waals surface area contributed by atoms with Gasteiger partial charge in [-0.15, -0.1) is 11.3 Å². The molecule has 3 heteroatoms. The number of aliphatic hydroxyl groups is 1. The maximum atomic E-state index is 11.8. The molecule has 1 N–H and O–H groups in total. The average Bonchev–Trinajstić information content (AvgIpc) is 3.11. The molecule has 4 heterocycles. The minimum atomic E-state index is -0.834. The Labute approximate surface area is 130 Å². The van der Waals surface area contributed by atoms with Gasteiger partial charge in [-0.05, 0) is 48.9 Å². The molecule has 1 aromatic carbocycles. The lowest BCUT2D eigenvalue weighted by Gasteiger charge is -2.51. The number of benzene rings is 1. The maximum Gasteiger partial charge on any atom is 0.128 e. The summed E-state index contributed by atoms with van der Waals surface area (Å²) in [5.74, 6) is 0.948. The van der Waals surface area contributed by atoms with Crippen molar-refractivity contribution in [2.45, 2.75) is 18.4 Å². The first-order valence-corrected chi connectivity index (χ1v) is 8.70. The van der Waals surface area contributed by atoms with Crippen LogP contribution in [0.4, 0.5) is 0 Å². The van der Waals surface area contributed by atoms with Crippen molar-refractivity contribution in [2.75, 3.05) is 19.6 Å². The van der Waals surface area contributed by atoms with Gasteiger partial charge in [0.1, 0.15) is 5.60 Å². The Bertz CT molecular complexity index is 589. The van der Waals surface area contributed by atoms with Crippen molar-refractivity contribution in [3.05, 3.63) is 58.3 Å². The standard InChI is InChI=1S/C18H21NOS/c20-18(17-7-4-12-21-17,15-5-2-1-3-6-15)16-13-19-10-8-14(16)9-11-19/h1-7,12,14,16,20H,8-11,13H2. The van der Waals surface area contributed by atoms with Crippen LogP contribution in [0.5, 0.6) is 0 Å². The lowest BCUT2D eigenvalue weighted by molar-refractivity contribution is -0.0744. The lowest BCUT2D eigenvalue weighted by atomic mass is 9.67.